The van der Waals surface area contributed by atoms with Gasteiger partial charge in [-0.05, 0) is 0 Å². The second-order valence-corrected chi connectivity index (χ2v) is 4.25. The number of nitrogens with zero attached hydrogens (tertiary/aromatic N) is 4. The summed E-state index contributed by atoms with van der Waals surface area (Å²) >= 11 is 0.666. The molecule has 0 saturated heterocycles. The Balaban J connectivity index is 2.87. The molecule has 0 atom stereocenters. The van der Waals surface area contributed by atoms with E-state index in [-0.39, 0.29) is 0 Å². The van der Waals surface area contributed by atoms with Crippen LogP contribution in [0.1, 0.15) is 0 Å². The van der Waals surface area contributed by atoms with Crippen LogP contribution in [0, 0.1) is 0 Å². The zero-order valence-electron chi connectivity index (χ0n) is 5.60. The average Bonchev–Trinajstić information content (AvgIpc) is 2.33. The maximum absolute atomic E-state index is 5.41. The van der Waals surface area contributed by atoms with E-state index in [0.717, 1.165) is 11.2 Å². The van der Waals surface area contributed by atoms with E-state index >= 15 is 0 Å². The topological polar surface area (TPSA) is 69.6 Å². The molecular weight excluding hydrogens is 334 g/mol. The van der Waals surface area contributed by atoms with Crippen LogP contribution in [-0.4, -0.2) is 43.4 Å². The van der Waals surface area contributed by atoms with E-state index in [9.17, 15) is 0 Å². The first-order valence-corrected chi connectivity index (χ1v) is 4.99. The van der Waals surface area contributed by atoms with Gasteiger partial charge in [-0.2, -0.15) is 0 Å². The Labute approximate surface area is 78.8 Å². The first-order valence-electron chi connectivity index (χ1n) is 2.98. The van der Waals surface area contributed by atoms with E-state index in [0.29, 0.717) is 32.0 Å². The fraction of sp³-hybridized carbons (Fsp3) is 0. The number of anilines is 1. The third-order valence-electron chi connectivity index (χ3n) is 1.33. The minimum absolute atomic E-state index is 0.305. The zero-order valence-corrected chi connectivity index (χ0v) is 10.1. The molecule has 5 nitrogen and oxygen atoms in total. The van der Waals surface area contributed by atoms with Gasteiger partial charge in [0.1, 0.15) is 0 Å². The molecule has 0 radical (unpaired) electrons. The summed E-state index contributed by atoms with van der Waals surface area (Å²) in [5, 5.41) is 0. The van der Waals surface area contributed by atoms with Crippen LogP contribution in [0.3, 0.4) is 0 Å². The van der Waals surface area contributed by atoms with Gasteiger partial charge >= 0.3 is 78.8 Å². The van der Waals surface area contributed by atoms with Crippen LogP contribution in [0.2, 0.25) is 0 Å². The van der Waals surface area contributed by atoms with Crippen molar-refractivity contribution in [2.75, 3.05) is 5.73 Å². The van der Waals surface area contributed by atoms with E-state index in [1.54, 1.807) is 12.5 Å². The van der Waals surface area contributed by atoms with Crippen LogP contribution < -0.4 is 5.73 Å². The maximum atomic E-state index is 5.41. The van der Waals surface area contributed by atoms with Gasteiger partial charge in [0.05, 0.1) is 0 Å². The van der Waals surface area contributed by atoms with Crippen molar-refractivity contribution in [1.82, 2.24) is 17.3 Å². The molecule has 2 aromatic heterocycles. The fourth-order valence-electron chi connectivity index (χ4n) is 0.840. The van der Waals surface area contributed by atoms with Crippen LogP contribution in [0.4, 0.5) is 5.95 Å². The van der Waals surface area contributed by atoms with E-state index in [2.05, 4.69) is 15.0 Å². The number of nitrogen functional groups attached to an aromatic ring is 1. The number of aromatic nitrogens is 4. The number of imidazole rings is 1. The standard InChI is InChI=1S/C5H4N5.Tl/c6-5-7-1-3-4(10-5)9-2-8-3;/h1-2H,(H2-,6,7,8,9,10);/q-1;+1. The number of hydrogen-bond acceptors (Lipinski definition) is 4. The number of hydrogen-bond donors (Lipinski definition) is 1. The first kappa shape index (κ1) is 6.95. The van der Waals surface area contributed by atoms with Crippen molar-refractivity contribution < 1.29 is 0 Å². The molecule has 0 spiro atoms. The van der Waals surface area contributed by atoms with Crippen LogP contribution in [0.5, 0.6) is 0 Å². The Hall–Kier alpha value is -0.728. The van der Waals surface area contributed by atoms with Crippen molar-refractivity contribution in [1.29, 1.82) is 0 Å². The molecule has 2 N–H and O–H groups in total. The van der Waals surface area contributed by atoms with E-state index < -0.39 is 0 Å². The van der Waals surface area contributed by atoms with Crippen molar-refractivity contribution in [2.45, 2.75) is 0 Å². The summed E-state index contributed by atoms with van der Waals surface area (Å²) in [5.74, 6) is 0.305. The van der Waals surface area contributed by atoms with Gasteiger partial charge in [0, 0.05) is 0 Å². The van der Waals surface area contributed by atoms with Crippen molar-refractivity contribution >= 4 is 43.2 Å². The Morgan fingerprint density at radius 2 is 2.27 bits per heavy atom. The van der Waals surface area contributed by atoms with Crippen molar-refractivity contribution in [2.24, 2.45) is 0 Å². The molecule has 2 heterocycles. The number of nitrogens with two attached hydrogens (primary N) is 1. The molecule has 52 valence electrons. The zero-order chi connectivity index (χ0) is 7.84. The summed E-state index contributed by atoms with van der Waals surface area (Å²) in [5.41, 5.74) is 7.05. The second-order valence-electron chi connectivity index (χ2n) is 2.09. The monoisotopic (exact) mass is 339 g/mol. The normalized spacial score (nSPS) is 10.5. The van der Waals surface area contributed by atoms with Crippen molar-refractivity contribution in [3.8, 4) is 0 Å². The summed E-state index contributed by atoms with van der Waals surface area (Å²) < 4.78 is 1.97. The molecule has 0 unspecified atom stereocenters. The summed E-state index contributed by atoms with van der Waals surface area (Å²) in [7, 11) is 0. The van der Waals surface area contributed by atoms with Crippen LogP contribution >= 0.6 is 0 Å². The molecule has 0 fully saturated rings. The molecule has 0 saturated carbocycles. The second kappa shape index (κ2) is 2.40. The molecule has 0 aliphatic carbocycles. The van der Waals surface area contributed by atoms with Crippen LogP contribution in [0.15, 0.2) is 12.5 Å². The van der Waals surface area contributed by atoms with E-state index in [4.69, 9.17) is 5.73 Å². The number of rotatable bonds is 0. The van der Waals surface area contributed by atoms with Gasteiger partial charge in [-0.15, -0.1) is 0 Å². The third-order valence-corrected chi connectivity index (χ3v) is 2.80. The van der Waals surface area contributed by atoms with Crippen LogP contribution in [0.25, 0.3) is 11.2 Å². The minimum atomic E-state index is 0.305. The molecule has 0 bridgehead atoms. The Kier molecular flexibility index (Phi) is 1.51. The first-order chi connectivity index (χ1) is 5.27. The summed E-state index contributed by atoms with van der Waals surface area (Å²) in [6, 6.07) is 0. The van der Waals surface area contributed by atoms with Crippen molar-refractivity contribution in [3.63, 3.8) is 0 Å². The molecule has 11 heavy (non-hydrogen) atoms. The van der Waals surface area contributed by atoms with Gasteiger partial charge < -0.3 is 0 Å². The summed E-state index contributed by atoms with van der Waals surface area (Å²) in [6.07, 6.45) is 3.39. The Morgan fingerprint density at radius 3 is 3.09 bits per heavy atom. The molecule has 2 rings (SSSR count). The predicted octanol–water partition coefficient (Wildman–Crippen LogP) is -0.660. The van der Waals surface area contributed by atoms with Crippen LogP contribution in [-0.2, 0) is 0 Å². The van der Waals surface area contributed by atoms with Gasteiger partial charge in [0.25, 0.3) is 0 Å². The fourth-order valence-corrected chi connectivity index (χ4v) is 1.84. The van der Waals surface area contributed by atoms with Gasteiger partial charge in [0.2, 0.25) is 0 Å². The van der Waals surface area contributed by atoms with Gasteiger partial charge in [-0.1, -0.05) is 0 Å². The molecule has 0 amide bonds. The molecular formula is C5H4N5Tl. The summed E-state index contributed by atoms with van der Waals surface area (Å²) in [4.78, 5) is 12.0. The Bertz CT molecular complexity index is 395. The molecule has 2 aromatic rings. The van der Waals surface area contributed by atoms with Gasteiger partial charge in [-0.3, -0.25) is 0 Å². The summed E-state index contributed by atoms with van der Waals surface area (Å²) in [6.45, 7) is 0. The molecule has 6 heteroatoms. The van der Waals surface area contributed by atoms with Gasteiger partial charge in [-0.25, -0.2) is 0 Å². The number of fused-ring (bicyclic) bond motifs is 1. The third kappa shape index (κ3) is 1.08. The van der Waals surface area contributed by atoms with Crippen molar-refractivity contribution in [3.05, 3.63) is 12.5 Å². The quantitative estimate of drug-likeness (QED) is 0.648. The predicted molar refractivity (Wildman–Crippen MR) is 40.9 cm³/mol. The molecule has 0 aliphatic rings. The SMILES string of the molecule is Nc1ncc2nc[n]([Tl])c2n1. The average molecular weight is 339 g/mol. The van der Waals surface area contributed by atoms with E-state index in [1.165, 1.54) is 0 Å². The molecule has 0 aliphatic heterocycles. The Morgan fingerprint density at radius 1 is 1.45 bits per heavy atom. The van der Waals surface area contributed by atoms with E-state index in [1.807, 2.05) is 2.38 Å². The molecule has 0 aromatic carbocycles. The van der Waals surface area contributed by atoms with Gasteiger partial charge in [0.15, 0.2) is 0 Å².